The van der Waals surface area contributed by atoms with Crippen LogP contribution in [0.15, 0.2) is 36.4 Å². The van der Waals surface area contributed by atoms with Crippen molar-refractivity contribution in [2.75, 3.05) is 33.1 Å². The van der Waals surface area contributed by atoms with Crippen molar-refractivity contribution in [3.63, 3.8) is 0 Å². The average Bonchev–Trinajstić information content (AvgIpc) is 2.63. The summed E-state index contributed by atoms with van der Waals surface area (Å²) in [5, 5.41) is 13.4. The molecule has 1 unspecified atom stereocenters. The Morgan fingerprint density at radius 3 is 2.56 bits per heavy atom. The van der Waals surface area contributed by atoms with E-state index in [4.69, 9.17) is 9.47 Å². The predicted molar refractivity (Wildman–Crippen MR) is 104 cm³/mol. The Morgan fingerprint density at radius 1 is 1.19 bits per heavy atom. The number of urea groups is 1. The van der Waals surface area contributed by atoms with Crippen LogP contribution in [0.25, 0.3) is 0 Å². The Kier molecular flexibility index (Phi) is 7.36. The fourth-order valence-corrected chi connectivity index (χ4v) is 2.49. The number of benzene rings is 1. The van der Waals surface area contributed by atoms with Gasteiger partial charge in [0.25, 0.3) is 0 Å². The molecule has 0 radical (unpaired) electrons. The topological polar surface area (TPSA) is 88.6 Å². The standard InChI is InChI=1S/C19H27N5O3/c1-13(2)27-18-10-9-17(22-23-18)21-19(25)20-12-16(24(3)4)14-7-6-8-15(11-14)26-5/h6-11,13,16H,12H2,1-5H3,(H2,20,21,22,25). The molecule has 1 atom stereocenters. The number of methoxy groups -OCH3 is 1. The van der Waals surface area contributed by atoms with Gasteiger partial charge in [0.1, 0.15) is 5.75 Å². The van der Waals surface area contributed by atoms with E-state index in [1.165, 1.54) is 0 Å². The van der Waals surface area contributed by atoms with E-state index in [0.29, 0.717) is 18.2 Å². The van der Waals surface area contributed by atoms with Gasteiger partial charge >= 0.3 is 6.03 Å². The molecule has 2 amide bonds. The van der Waals surface area contributed by atoms with Crippen LogP contribution in [0, 0.1) is 0 Å². The van der Waals surface area contributed by atoms with Crippen LogP contribution in [0.2, 0.25) is 0 Å². The number of carbonyl (C=O) groups excluding carboxylic acids is 1. The number of nitrogens with zero attached hydrogens (tertiary/aromatic N) is 3. The fraction of sp³-hybridized carbons (Fsp3) is 0.421. The molecule has 1 aromatic carbocycles. The van der Waals surface area contributed by atoms with Gasteiger partial charge in [-0.2, -0.15) is 0 Å². The van der Waals surface area contributed by atoms with Gasteiger partial charge in [0.2, 0.25) is 5.88 Å². The van der Waals surface area contributed by atoms with Crippen molar-refractivity contribution in [3.05, 3.63) is 42.0 Å². The smallest absolute Gasteiger partial charge is 0.320 e. The summed E-state index contributed by atoms with van der Waals surface area (Å²) in [5.74, 6) is 1.55. The molecule has 2 aromatic rings. The number of aromatic nitrogens is 2. The van der Waals surface area contributed by atoms with E-state index < -0.39 is 0 Å². The van der Waals surface area contributed by atoms with E-state index in [2.05, 4.69) is 20.8 Å². The first-order valence-corrected chi connectivity index (χ1v) is 8.74. The first-order chi connectivity index (χ1) is 12.9. The molecule has 0 aliphatic rings. The SMILES string of the molecule is COc1cccc(C(CNC(=O)Nc2ccc(OC(C)C)nn2)N(C)C)c1. The molecule has 2 N–H and O–H groups in total. The third kappa shape index (κ3) is 6.41. The van der Waals surface area contributed by atoms with Crippen molar-refractivity contribution >= 4 is 11.8 Å². The van der Waals surface area contributed by atoms with Crippen molar-refractivity contribution in [2.45, 2.75) is 26.0 Å². The molecule has 1 aromatic heterocycles. The number of hydrogen-bond acceptors (Lipinski definition) is 6. The second kappa shape index (κ2) is 9.72. The zero-order valence-corrected chi connectivity index (χ0v) is 16.4. The Bertz CT molecular complexity index is 734. The number of anilines is 1. The van der Waals surface area contributed by atoms with Gasteiger partial charge in [-0.15, -0.1) is 10.2 Å². The second-order valence-electron chi connectivity index (χ2n) is 6.51. The largest absolute Gasteiger partial charge is 0.497 e. The summed E-state index contributed by atoms with van der Waals surface area (Å²) in [6.07, 6.45) is 0.0148. The molecule has 0 saturated carbocycles. The highest BCUT2D eigenvalue weighted by Crippen LogP contribution is 2.22. The maximum Gasteiger partial charge on any atom is 0.320 e. The summed E-state index contributed by atoms with van der Waals surface area (Å²) in [6.45, 7) is 4.24. The number of hydrogen-bond donors (Lipinski definition) is 2. The van der Waals surface area contributed by atoms with E-state index in [1.807, 2.05) is 57.1 Å². The van der Waals surface area contributed by atoms with Crippen LogP contribution >= 0.6 is 0 Å². The van der Waals surface area contributed by atoms with Gasteiger partial charge in [0.05, 0.1) is 19.3 Å². The normalized spacial score (nSPS) is 12.0. The highest BCUT2D eigenvalue weighted by Gasteiger charge is 2.16. The van der Waals surface area contributed by atoms with Crippen LogP contribution in [-0.2, 0) is 0 Å². The molecule has 0 aliphatic heterocycles. The summed E-state index contributed by atoms with van der Waals surface area (Å²) >= 11 is 0. The molecule has 0 aliphatic carbocycles. The zero-order valence-electron chi connectivity index (χ0n) is 16.4. The average molecular weight is 373 g/mol. The highest BCUT2D eigenvalue weighted by molar-refractivity contribution is 5.88. The van der Waals surface area contributed by atoms with Crippen molar-refractivity contribution < 1.29 is 14.3 Å². The van der Waals surface area contributed by atoms with Gasteiger partial charge < -0.3 is 19.7 Å². The Balaban J connectivity index is 1.93. The van der Waals surface area contributed by atoms with E-state index >= 15 is 0 Å². The first kappa shape index (κ1) is 20.4. The van der Waals surface area contributed by atoms with Crippen LogP contribution in [0.5, 0.6) is 11.6 Å². The summed E-state index contributed by atoms with van der Waals surface area (Å²) < 4.78 is 10.7. The van der Waals surface area contributed by atoms with Gasteiger partial charge in [-0.1, -0.05) is 12.1 Å². The van der Waals surface area contributed by atoms with Crippen LogP contribution in [-0.4, -0.2) is 55.0 Å². The second-order valence-corrected chi connectivity index (χ2v) is 6.51. The van der Waals surface area contributed by atoms with Crippen LogP contribution < -0.4 is 20.1 Å². The Morgan fingerprint density at radius 2 is 1.96 bits per heavy atom. The van der Waals surface area contributed by atoms with Gasteiger partial charge in [0, 0.05) is 12.6 Å². The van der Waals surface area contributed by atoms with Crippen LogP contribution in [0.3, 0.4) is 0 Å². The lowest BCUT2D eigenvalue weighted by atomic mass is 10.1. The fourth-order valence-electron chi connectivity index (χ4n) is 2.49. The predicted octanol–water partition coefficient (Wildman–Crippen LogP) is 2.70. The lowest BCUT2D eigenvalue weighted by Crippen LogP contribution is -2.37. The third-order valence-corrected chi connectivity index (χ3v) is 3.80. The van der Waals surface area contributed by atoms with Crippen LogP contribution in [0.4, 0.5) is 10.6 Å². The van der Waals surface area contributed by atoms with Gasteiger partial charge in [-0.05, 0) is 51.7 Å². The molecular weight excluding hydrogens is 346 g/mol. The molecular formula is C19H27N5O3. The number of amides is 2. The van der Waals surface area contributed by atoms with E-state index in [9.17, 15) is 4.79 Å². The lowest BCUT2D eigenvalue weighted by Gasteiger charge is -2.25. The van der Waals surface area contributed by atoms with E-state index in [1.54, 1.807) is 19.2 Å². The monoisotopic (exact) mass is 373 g/mol. The minimum Gasteiger partial charge on any atom is -0.497 e. The van der Waals surface area contributed by atoms with Crippen molar-refractivity contribution in [1.29, 1.82) is 0 Å². The molecule has 0 fully saturated rings. The molecule has 8 nitrogen and oxygen atoms in total. The number of ether oxygens (including phenoxy) is 2. The number of nitrogens with one attached hydrogen (secondary N) is 2. The van der Waals surface area contributed by atoms with Crippen molar-refractivity contribution in [1.82, 2.24) is 20.4 Å². The Hall–Kier alpha value is -2.87. The summed E-state index contributed by atoms with van der Waals surface area (Å²) in [6, 6.07) is 10.8. The van der Waals surface area contributed by atoms with Gasteiger partial charge in [-0.25, -0.2) is 4.79 Å². The molecule has 0 saturated heterocycles. The summed E-state index contributed by atoms with van der Waals surface area (Å²) in [5.41, 5.74) is 1.05. The maximum atomic E-state index is 12.2. The summed E-state index contributed by atoms with van der Waals surface area (Å²) in [4.78, 5) is 14.2. The molecule has 1 heterocycles. The van der Waals surface area contributed by atoms with Crippen molar-refractivity contribution in [2.24, 2.45) is 0 Å². The maximum absolute atomic E-state index is 12.2. The molecule has 27 heavy (non-hydrogen) atoms. The highest BCUT2D eigenvalue weighted by atomic mass is 16.5. The molecule has 146 valence electrons. The molecule has 8 heteroatoms. The number of carbonyl (C=O) groups is 1. The molecule has 2 rings (SSSR count). The van der Waals surface area contributed by atoms with E-state index in [0.717, 1.165) is 11.3 Å². The quantitative estimate of drug-likeness (QED) is 0.740. The molecule has 0 bridgehead atoms. The van der Waals surface area contributed by atoms with Crippen molar-refractivity contribution in [3.8, 4) is 11.6 Å². The zero-order chi connectivity index (χ0) is 19.8. The number of likely N-dealkylation sites (N-methyl/N-ethyl adjacent to an activating group) is 1. The minimum atomic E-state index is -0.350. The summed E-state index contributed by atoms with van der Waals surface area (Å²) in [7, 11) is 5.55. The number of rotatable bonds is 8. The van der Waals surface area contributed by atoms with Gasteiger partial charge in [-0.3, -0.25) is 5.32 Å². The minimum absolute atomic E-state index is 0.00116. The molecule has 0 spiro atoms. The Labute approximate surface area is 159 Å². The van der Waals surface area contributed by atoms with Crippen LogP contribution in [0.1, 0.15) is 25.5 Å². The van der Waals surface area contributed by atoms with Gasteiger partial charge in [0.15, 0.2) is 5.82 Å². The van der Waals surface area contributed by atoms with E-state index in [-0.39, 0.29) is 18.2 Å². The third-order valence-electron chi connectivity index (χ3n) is 3.80. The first-order valence-electron chi connectivity index (χ1n) is 8.74. The lowest BCUT2D eigenvalue weighted by molar-refractivity contribution is 0.230.